The van der Waals surface area contributed by atoms with Gasteiger partial charge in [-0.1, -0.05) is 73.7 Å². The number of hydrogen-bond donors (Lipinski definition) is 1. The van der Waals surface area contributed by atoms with Crippen LogP contribution >= 0.6 is 0 Å². The number of nitrogens with two attached hydrogens (primary N) is 1. The number of rotatable bonds is 3. The Labute approximate surface area is 120 Å². The van der Waals surface area contributed by atoms with Gasteiger partial charge in [-0.15, -0.1) is 0 Å². The lowest BCUT2D eigenvalue weighted by molar-refractivity contribution is 0.857. The van der Waals surface area contributed by atoms with Gasteiger partial charge in [-0.05, 0) is 33.9 Å². The second-order valence-electron chi connectivity index (χ2n) is 5.10. The smallest absolute Gasteiger partial charge is 0.0560 e. The summed E-state index contributed by atoms with van der Waals surface area (Å²) in [5.74, 6) is 0. The molecular formula is C19H19N. The lowest BCUT2D eigenvalue weighted by Crippen LogP contribution is -2.14. The molecule has 0 amide bonds. The van der Waals surface area contributed by atoms with Gasteiger partial charge in [0.05, 0.1) is 6.04 Å². The van der Waals surface area contributed by atoms with Gasteiger partial charge in [0, 0.05) is 0 Å². The van der Waals surface area contributed by atoms with E-state index in [1.807, 2.05) is 0 Å². The van der Waals surface area contributed by atoms with E-state index in [0.29, 0.717) is 0 Å². The standard InChI is InChI=1S/C19H19N/c1-2-14-8-3-6-12-17(14)19(20)18-13-7-10-15-9-4-5-11-16(15)18/h3-13,19H,2,20H2,1H3. The lowest BCUT2D eigenvalue weighted by Gasteiger charge is -2.18. The van der Waals surface area contributed by atoms with Gasteiger partial charge >= 0.3 is 0 Å². The Morgan fingerprint density at radius 1 is 0.800 bits per heavy atom. The summed E-state index contributed by atoms with van der Waals surface area (Å²) in [6.45, 7) is 2.18. The van der Waals surface area contributed by atoms with Crippen molar-refractivity contribution in [2.75, 3.05) is 0 Å². The van der Waals surface area contributed by atoms with Crippen molar-refractivity contribution >= 4 is 10.8 Å². The summed E-state index contributed by atoms with van der Waals surface area (Å²) in [5.41, 5.74) is 10.3. The van der Waals surface area contributed by atoms with E-state index >= 15 is 0 Å². The van der Waals surface area contributed by atoms with Crippen molar-refractivity contribution in [3.8, 4) is 0 Å². The summed E-state index contributed by atoms with van der Waals surface area (Å²) >= 11 is 0. The molecule has 1 heteroatoms. The largest absolute Gasteiger partial charge is 0.320 e. The average Bonchev–Trinajstić information content (AvgIpc) is 2.53. The molecule has 0 saturated heterocycles. The van der Waals surface area contributed by atoms with Gasteiger partial charge in [-0.25, -0.2) is 0 Å². The Bertz CT molecular complexity index is 725. The van der Waals surface area contributed by atoms with E-state index in [4.69, 9.17) is 5.73 Å². The first-order chi connectivity index (χ1) is 9.81. The molecule has 20 heavy (non-hydrogen) atoms. The maximum absolute atomic E-state index is 6.56. The highest BCUT2D eigenvalue weighted by Gasteiger charge is 2.14. The second kappa shape index (κ2) is 5.48. The summed E-state index contributed by atoms with van der Waals surface area (Å²) < 4.78 is 0. The fourth-order valence-electron chi connectivity index (χ4n) is 2.85. The van der Waals surface area contributed by atoms with Gasteiger partial charge in [-0.3, -0.25) is 0 Å². The van der Waals surface area contributed by atoms with Crippen molar-refractivity contribution < 1.29 is 0 Å². The first-order valence-electron chi connectivity index (χ1n) is 7.12. The Morgan fingerprint density at radius 2 is 1.45 bits per heavy atom. The maximum Gasteiger partial charge on any atom is 0.0560 e. The number of aryl methyl sites for hydroxylation is 1. The molecule has 0 radical (unpaired) electrons. The van der Waals surface area contributed by atoms with Crippen molar-refractivity contribution in [1.29, 1.82) is 0 Å². The summed E-state index contributed by atoms with van der Waals surface area (Å²) in [6.07, 6.45) is 1.01. The van der Waals surface area contributed by atoms with Crippen LogP contribution < -0.4 is 5.73 Å². The monoisotopic (exact) mass is 261 g/mol. The molecule has 0 fully saturated rings. The summed E-state index contributed by atoms with van der Waals surface area (Å²) in [7, 11) is 0. The highest BCUT2D eigenvalue weighted by Crippen LogP contribution is 2.29. The summed E-state index contributed by atoms with van der Waals surface area (Å²) in [5, 5.41) is 2.49. The zero-order valence-electron chi connectivity index (χ0n) is 11.7. The van der Waals surface area contributed by atoms with E-state index in [9.17, 15) is 0 Å². The molecular weight excluding hydrogens is 242 g/mol. The maximum atomic E-state index is 6.56. The third kappa shape index (κ3) is 2.21. The van der Waals surface area contributed by atoms with Gasteiger partial charge in [0.1, 0.15) is 0 Å². The Hall–Kier alpha value is -2.12. The first kappa shape index (κ1) is 12.9. The van der Waals surface area contributed by atoms with Crippen LogP contribution in [0.3, 0.4) is 0 Å². The minimum atomic E-state index is -0.0720. The molecule has 0 aliphatic carbocycles. The van der Waals surface area contributed by atoms with Crippen LogP contribution in [0.4, 0.5) is 0 Å². The molecule has 100 valence electrons. The van der Waals surface area contributed by atoms with Gasteiger partial charge in [0.2, 0.25) is 0 Å². The SMILES string of the molecule is CCc1ccccc1C(N)c1cccc2ccccc12. The van der Waals surface area contributed by atoms with Gasteiger partial charge in [-0.2, -0.15) is 0 Å². The van der Waals surface area contributed by atoms with Crippen LogP contribution in [-0.2, 0) is 6.42 Å². The molecule has 0 aromatic heterocycles. The van der Waals surface area contributed by atoms with E-state index in [1.165, 1.54) is 27.5 Å². The third-order valence-corrected chi connectivity index (χ3v) is 3.93. The predicted octanol–water partition coefficient (Wildman–Crippen LogP) is 4.45. The number of hydrogen-bond acceptors (Lipinski definition) is 1. The molecule has 3 rings (SSSR count). The van der Waals surface area contributed by atoms with Crippen LogP contribution in [0.15, 0.2) is 66.7 Å². The first-order valence-corrected chi connectivity index (χ1v) is 7.12. The Balaban J connectivity index is 2.15. The van der Waals surface area contributed by atoms with E-state index < -0.39 is 0 Å². The van der Waals surface area contributed by atoms with Crippen LogP contribution in [0.25, 0.3) is 10.8 Å². The van der Waals surface area contributed by atoms with E-state index in [2.05, 4.69) is 73.7 Å². The topological polar surface area (TPSA) is 26.0 Å². The van der Waals surface area contributed by atoms with Crippen LogP contribution in [0, 0.1) is 0 Å². The number of fused-ring (bicyclic) bond motifs is 1. The zero-order chi connectivity index (χ0) is 13.9. The quantitative estimate of drug-likeness (QED) is 0.740. The van der Waals surface area contributed by atoms with Crippen molar-refractivity contribution in [2.45, 2.75) is 19.4 Å². The minimum Gasteiger partial charge on any atom is -0.320 e. The van der Waals surface area contributed by atoms with E-state index in [0.717, 1.165) is 6.42 Å². The molecule has 2 N–H and O–H groups in total. The third-order valence-electron chi connectivity index (χ3n) is 3.93. The average molecular weight is 261 g/mol. The zero-order valence-corrected chi connectivity index (χ0v) is 11.7. The van der Waals surface area contributed by atoms with E-state index in [-0.39, 0.29) is 6.04 Å². The molecule has 0 aliphatic rings. The normalized spacial score (nSPS) is 12.5. The highest BCUT2D eigenvalue weighted by atomic mass is 14.6. The molecule has 1 nitrogen and oxygen atoms in total. The second-order valence-corrected chi connectivity index (χ2v) is 5.10. The van der Waals surface area contributed by atoms with E-state index in [1.54, 1.807) is 0 Å². The van der Waals surface area contributed by atoms with Gasteiger partial charge in [0.15, 0.2) is 0 Å². The van der Waals surface area contributed by atoms with Crippen molar-refractivity contribution in [3.05, 3.63) is 83.4 Å². The molecule has 3 aromatic rings. The molecule has 1 unspecified atom stereocenters. The van der Waals surface area contributed by atoms with Crippen molar-refractivity contribution in [3.63, 3.8) is 0 Å². The lowest BCUT2D eigenvalue weighted by atomic mass is 9.91. The Kier molecular flexibility index (Phi) is 3.53. The van der Waals surface area contributed by atoms with Gasteiger partial charge < -0.3 is 5.73 Å². The molecule has 0 aliphatic heterocycles. The molecule has 1 atom stereocenters. The van der Waals surface area contributed by atoms with Crippen molar-refractivity contribution in [1.82, 2.24) is 0 Å². The minimum absolute atomic E-state index is 0.0720. The fourth-order valence-corrected chi connectivity index (χ4v) is 2.85. The molecule has 0 spiro atoms. The summed E-state index contributed by atoms with van der Waals surface area (Å²) in [4.78, 5) is 0. The van der Waals surface area contributed by atoms with Crippen LogP contribution in [0.5, 0.6) is 0 Å². The molecule has 0 bridgehead atoms. The molecule has 0 saturated carbocycles. The van der Waals surface area contributed by atoms with Crippen molar-refractivity contribution in [2.24, 2.45) is 5.73 Å². The van der Waals surface area contributed by atoms with Crippen LogP contribution in [-0.4, -0.2) is 0 Å². The molecule has 3 aromatic carbocycles. The van der Waals surface area contributed by atoms with Crippen LogP contribution in [0.1, 0.15) is 29.7 Å². The van der Waals surface area contributed by atoms with Crippen LogP contribution in [0.2, 0.25) is 0 Å². The predicted molar refractivity (Wildman–Crippen MR) is 85.8 cm³/mol. The number of benzene rings is 3. The summed E-state index contributed by atoms with van der Waals surface area (Å²) in [6, 6.07) is 23.2. The fraction of sp³-hybridized carbons (Fsp3) is 0.158. The Morgan fingerprint density at radius 3 is 2.30 bits per heavy atom. The van der Waals surface area contributed by atoms with Gasteiger partial charge in [0.25, 0.3) is 0 Å². The highest BCUT2D eigenvalue weighted by molar-refractivity contribution is 5.86. The molecule has 0 heterocycles.